The predicted molar refractivity (Wildman–Crippen MR) is 83.8 cm³/mol. The summed E-state index contributed by atoms with van der Waals surface area (Å²) in [6.07, 6.45) is 8.23. The Morgan fingerprint density at radius 1 is 1.35 bits per heavy atom. The molecule has 0 atom stereocenters. The number of carbonyl (C=O) groups is 1. The van der Waals surface area contributed by atoms with Crippen LogP contribution in [0.15, 0.2) is 40.4 Å². The van der Waals surface area contributed by atoms with Crippen LogP contribution in [0.5, 0.6) is 5.75 Å². The van der Waals surface area contributed by atoms with E-state index in [1.807, 2.05) is 24.3 Å². The monoisotopic (exact) mass is 337 g/mol. The summed E-state index contributed by atoms with van der Waals surface area (Å²) in [5.41, 5.74) is 1.48. The average molecular weight is 338 g/mol. The average Bonchev–Trinajstić information content (AvgIpc) is 2.46. The molecule has 0 saturated carbocycles. The van der Waals surface area contributed by atoms with Crippen LogP contribution >= 0.6 is 15.9 Å². The molecule has 1 aliphatic rings. The molecule has 20 heavy (non-hydrogen) atoms. The lowest BCUT2D eigenvalue weighted by Gasteiger charge is -2.13. The lowest BCUT2D eigenvalue weighted by molar-refractivity contribution is -0.123. The van der Waals surface area contributed by atoms with Gasteiger partial charge in [0.2, 0.25) is 0 Å². The maximum absolute atomic E-state index is 11.7. The Labute approximate surface area is 128 Å². The SMILES string of the molecule is O=C(COc1cccc(Br)c1)NCCC1=CCCCC1. The van der Waals surface area contributed by atoms with Crippen LogP contribution in [-0.4, -0.2) is 19.1 Å². The van der Waals surface area contributed by atoms with Gasteiger partial charge in [0.25, 0.3) is 5.91 Å². The lowest BCUT2D eigenvalue weighted by Crippen LogP contribution is -2.30. The van der Waals surface area contributed by atoms with Gasteiger partial charge in [-0.05, 0) is 50.3 Å². The molecule has 0 aromatic heterocycles. The number of amides is 1. The van der Waals surface area contributed by atoms with Gasteiger partial charge in [-0.3, -0.25) is 4.79 Å². The minimum atomic E-state index is -0.0682. The molecule has 0 unspecified atom stereocenters. The van der Waals surface area contributed by atoms with Crippen molar-refractivity contribution in [3.05, 3.63) is 40.4 Å². The van der Waals surface area contributed by atoms with Crippen molar-refractivity contribution in [1.82, 2.24) is 5.32 Å². The van der Waals surface area contributed by atoms with Crippen LogP contribution in [0.3, 0.4) is 0 Å². The third-order valence-corrected chi connectivity index (χ3v) is 3.81. The summed E-state index contributed by atoms with van der Waals surface area (Å²) in [6.45, 7) is 0.766. The highest BCUT2D eigenvalue weighted by molar-refractivity contribution is 9.10. The fourth-order valence-electron chi connectivity index (χ4n) is 2.25. The first-order valence-electron chi connectivity index (χ1n) is 7.07. The van der Waals surface area contributed by atoms with Gasteiger partial charge in [0.1, 0.15) is 5.75 Å². The van der Waals surface area contributed by atoms with Crippen LogP contribution in [0, 0.1) is 0 Å². The highest BCUT2D eigenvalue weighted by Crippen LogP contribution is 2.19. The zero-order valence-corrected chi connectivity index (χ0v) is 13.1. The topological polar surface area (TPSA) is 38.3 Å². The first kappa shape index (κ1) is 15.1. The second-order valence-electron chi connectivity index (χ2n) is 4.95. The number of nitrogens with one attached hydrogen (secondary N) is 1. The number of hydrogen-bond donors (Lipinski definition) is 1. The van der Waals surface area contributed by atoms with E-state index in [0.717, 1.165) is 10.9 Å². The minimum absolute atomic E-state index is 0.0650. The largest absolute Gasteiger partial charge is 0.484 e. The van der Waals surface area contributed by atoms with Gasteiger partial charge in [-0.2, -0.15) is 0 Å². The van der Waals surface area contributed by atoms with E-state index in [1.54, 1.807) is 0 Å². The van der Waals surface area contributed by atoms with Crippen LogP contribution in [0.2, 0.25) is 0 Å². The molecule has 1 N–H and O–H groups in total. The van der Waals surface area contributed by atoms with E-state index >= 15 is 0 Å². The third kappa shape index (κ3) is 5.37. The summed E-state index contributed by atoms with van der Waals surface area (Å²) in [6, 6.07) is 7.49. The lowest BCUT2D eigenvalue weighted by atomic mass is 9.97. The molecule has 1 aromatic carbocycles. The molecule has 0 heterocycles. The molecule has 1 aliphatic carbocycles. The fraction of sp³-hybridized carbons (Fsp3) is 0.438. The van der Waals surface area contributed by atoms with Crippen molar-refractivity contribution in [2.45, 2.75) is 32.1 Å². The Bertz CT molecular complexity index is 485. The second kappa shape index (κ2) is 8.10. The molecule has 2 rings (SSSR count). The van der Waals surface area contributed by atoms with Crippen molar-refractivity contribution in [3.63, 3.8) is 0 Å². The number of rotatable bonds is 6. The van der Waals surface area contributed by atoms with E-state index in [-0.39, 0.29) is 12.5 Å². The molecule has 0 fully saturated rings. The molecule has 1 aromatic rings. The normalized spacial score (nSPS) is 14.6. The van der Waals surface area contributed by atoms with Gasteiger partial charge in [0, 0.05) is 11.0 Å². The highest BCUT2D eigenvalue weighted by atomic mass is 79.9. The Kier molecular flexibility index (Phi) is 6.12. The van der Waals surface area contributed by atoms with Gasteiger partial charge < -0.3 is 10.1 Å². The molecule has 108 valence electrons. The molecule has 1 amide bonds. The summed E-state index contributed by atoms with van der Waals surface area (Å²) in [5, 5.41) is 2.90. The van der Waals surface area contributed by atoms with E-state index in [1.165, 1.54) is 31.3 Å². The second-order valence-corrected chi connectivity index (χ2v) is 5.87. The standard InChI is InChI=1S/C16H20BrNO2/c17-14-7-4-8-15(11-14)20-12-16(19)18-10-9-13-5-2-1-3-6-13/h4-5,7-8,11H,1-3,6,9-10,12H2,(H,18,19). The number of ether oxygens (including phenoxy) is 1. The molecule has 3 nitrogen and oxygen atoms in total. The Balaban J connectivity index is 1.64. The molecular weight excluding hydrogens is 318 g/mol. The summed E-state index contributed by atoms with van der Waals surface area (Å²) in [4.78, 5) is 11.7. The van der Waals surface area contributed by atoms with Gasteiger partial charge >= 0.3 is 0 Å². The number of carbonyl (C=O) groups excluding carboxylic acids is 1. The van der Waals surface area contributed by atoms with Gasteiger partial charge in [-0.1, -0.05) is 33.6 Å². The molecule has 4 heteroatoms. The Morgan fingerprint density at radius 2 is 2.25 bits per heavy atom. The first-order chi connectivity index (χ1) is 9.74. The number of halogens is 1. The summed E-state index contributed by atoms with van der Waals surface area (Å²) in [5.74, 6) is 0.630. The smallest absolute Gasteiger partial charge is 0.257 e. The van der Waals surface area contributed by atoms with Crippen molar-refractivity contribution in [2.75, 3.05) is 13.2 Å². The van der Waals surface area contributed by atoms with Crippen molar-refractivity contribution in [1.29, 1.82) is 0 Å². The van der Waals surface area contributed by atoms with E-state index in [4.69, 9.17) is 4.74 Å². The van der Waals surface area contributed by atoms with Crippen molar-refractivity contribution in [3.8, 4) is 5.75 Å². The van der Waals surface area contributed by atoms with Crippen molar-refractivity contribution >= 4 is 21.8 Å². The predicted octanol–water partition coefficient (Wildman–Crippen LogP) is 3.83. The number of hydrogen-bond acceptors (Lipinski definition) is 2. The zero-order chi connectivity index (χ0) is 14.2. The van der Waals surface area contributed by atoms with Crippen molar-refractivity contribution < 1.29 is 9.53 Å². The molecule has 0 spiro atoms. The maximum Gasteiger partial charge on any atom is 0.257 e. The minimum Gasteiger partial charge on any atom is -0.484 e. The van der Waals surface area contributed by atoms with Crippen LogP contribution in [0.4, 0.5) is 0 Å². The Hall–Kier alpha value is -1.29. The van der Waals surface area contributed by atoms with Gasteiger partial charge in [-0.25, -0.2) is 0 Å². The van der Waals surface area contributed by atoms with Gasteiger partial charge in [0.05, 0.1) is 0 Å². The van der Waals surface area contributed by atoms with Crippen LogP contribution in [0.25, 0.3) is 0 Å². The molecule has 0 radical (unpaired) electrons. The van der Waals surface area contributed by atoms with Gasteiger partial charge in [0.15, 0.2) is 6.61 Å². The van der Waals surface area contributed by atoms with E-state index in [0.29, 0.717) is 12.3 Å². The van der Waals surface area contributed by atoms with Crippen LogP contribution < -0.4 is 10.1 Å². The number of benzene rings is 1. The summed E-state index contributed by atoms with van der Waals surface area (Å²) < 4.78 is 6.38. The molecule has 0 saturated heterocycles. The molecule has 0 aliphatic heterocycles. The fourth-order valence-corrected chi connectivity index (χ4v) is 2.63. The molecule has 0 bridgehead atoms. The van der Waals surface area contributed by atoms with E-state index < -0.39 is 0 Å². The third-order valence-electron chi connectivity index (χ3n) is 3.32. The number of allylic oxidation sites excluding steroid dienone is 1. The van der Waals surface area contributed by atoms with E-state index in [2.05, 4.69) is 27.3 Å². The summed E-state index contributed by atoms with van der Waals surface area (Å²) in [7, 11) is 0. The summed E-state index contributed by atoms with van der Waals surface area (Å²) >= 11 is 3.37. The van der Waals surface area contributed by atoms with Crippen LogP contribution in [-0.2, 0) is 4.79 Å². The first-order valence-corrected chi connectivity index (χ1v) is 7.86. The van der Waals surface area contributed by atoms with Gasteiger partial charge in [-0.15, -0.1) is 0 Å². The van der Waals surface area contributed by atoms with Crippen molar-refractivity contribution in [2.24, 2.45) is 0 Å². The molecular formula is C16H20BrNO2. The van der Waals surface area contributed by atoms with E-state index in [9.17, 15) is 4.79 Å². The quantitative estimate of drug-likeness (QED) is 0.801. The zero-order valence-electron chi connectivity index (χ0n) is 11.5. The Morgan fingerprint density at radius 3 is 3.00 bits per heavy atom. The maximum atomic E-state index is 11.7. The van der Waals surface area contributed by atoms with Crippen LogP contribution in [0.1, 0.15) is 32.1 Å². The highest BCUT2D eigenvalue weighted by Gasteiger charge is 2.06.